The summed E-state index contributed by atoms with van der Waals surface area (Å²) in [5, 5.41) is 11.1. The molecule has 0 bridgehead atoms. The highest BCUT2D eigenvalue weighted by Gasteiger charge is 2.19. The lowest BCUT2D eigenvalue weighted by molar-refractivity contribution is -0.384. The molecule has 0 aliphatic heterocycles. The van der Waals surface area contributed by atoms with Gasteiger partial charge in [0.05, 0.1) is 4.92 Å². The van der Waals surface area contributed by atoms with E-state index >= 15 is 0 Å². The average molecular weight is 319 g/mol. The summed E-state index contributed by atoms with van der Waals surface area (Å²) >= 11 is 0. The van der Waals surface area contributed by atoms with E-state index in [0.717, 1.165) is 16.7 Å². The standard InChI is InChI=1S/C19H17N3O2/c20-16-8-4-13(5-9-16)19(14-6-10-17(21)11-7-14)15-2-1-3-18(12-15)22(23)24/h1-12,19H,20-21H2. The molecule has 4 N–H and O–H groups in total. The van der Waals surface area contributed by atoms with Crippen LogP contribution in [0.4, 0.5) is 17.1 Å². The van der Waals surface area contributed by atoms with Gasteiger partial charge in [-0.3, -0.25) is 10.1 Å². The molecule has 0 unspecified atom stereocenters. The van der Waals surface area contributed by atoms with Gasteiger partial charge >= 0.3 is 0 Å². The van der Waals surface area contributed by atoms with Crippen molar-refractivity contribution in [3.05, 3.63) is 99.6 Å². The molecule has 0 radical (unpaired) electrons. The lowest BCUT2D eigenvalue weighted by Gasteiger charge is -2.19. The third kappa shape index (κ3) is 3.20. The van der Waals surface area contributed by atoms with Crippen LogP contribution >= 0.6 is 0 Å². The fourth-order valence-corrected chi connectivity index (χ4v) is 2.77. The molecule has 0 heterocycles. The summed E-state index contributed by atoms with van der Waals surface area (Å²) in [7, 11) is 0. The van der Waals surface area contributed by atoms with Gasteiger partial charge in [-0.1, -0.05) is 36.4 Å². The van der Waals surface area contributed by atoms with Crippen molar-refractivity contribution < 1.29 is 4.92 Å². The van der Waals surface area contributed by atoms with Crippen LogP contribution in [-0.4, -0.2) is 4.92 Å². The number of nitro benzene ring substituents is 1. The highest BCUT2D eigenvalue weighted by molar-refractivity contribution is 5.51. The largest absolute Gasteiger partial charge is 0.399 e. The Morgan fingerprint density at radius 3 is 1.71 bits per heavy atom. The first kappa shape index (κ1) is 15.6. The molecular formula is C19H17N3O2. The molecule has 3 aromatic carbocycles. The zero-order valence-corrected chi connectivity index (χ0v) is 12.9. The normalized spacial score (nSPS) is 10.7. The Bertz CT molecular complexity index is 813. The summed E-state index contributed by atoms with van der Waals surface area (Å²) in [5.41, 5.74) is 15.8. The molecule has 3 rings (SSSR count). The van der Waals surface area contributed by atoms with Crippen molar-refractivity contribution in [3.8, 4) is 0 Å². The highest BCUT2D eigenvalue weighted by Crippen LogP contribution is 2.34. The van der Waals surface area contributed by atoms with Gasteiger partial charge < -0.3 is 11.5 Å². The predicted octanol–water partition coefficient (Wildman–Crippen LogP) is 3.94. The third-order valence-electron chi connectivity index (χ3n) is 3.95. The van der Waals surface area contributed by atoms with Gasteiger partial charge in [-0.25, -0.2) is 0 Å². The van der Waals surface area contributed by atoms with Gasteiger partial charge in [0.2, 0.25) is 0 Å². The van der Waals surface area contributed by atoms with E-state index in [1.165, 1.54) is 6.07 Å². The van der Waals surface area contributed by atoms with Crippen LogP contribution in [0.25, 0.3) is 0 Å². The number of nitrogen functional groups attached to an aromatic ring is 2. The van der Waals surface area contributed by atoms with Gasteiger partial charge in [0.25, 0.3) is 5.69 Å². The second kappa shape index (κ2) is 6.42. The van der Waals surface area contributed by atoms with Crippen LogP contribution in [0.5, 0.6) is 0 Å². The summed E-state index contributed by atoms with van der Waals surface area (Å²) < 4.78 is 0. The lowest BCUT2D eigenvalue weighted by Crippen LogP contribution is -2.04. The average Bonchev–Trinajstić information content (AvgIpc) is 2.59. The Balaban J connectivity index is 2.14. The Hall–Kier alpha value is -3.34. The van der Waals surface area contributed by atoms with Crippen LogP contribution in [0.1, 0.15) is 22.6 Å². The van der Waals surface area contributed by atoms with Crippen LogP contribution in [0.3, 0.4) is 0 Å². The van der Waals surface area contributed by atoms with Gasteiger partial charge in [0.1, 0.15) is 0 Å². The molecule has 5 heteroatoms. The van der Waals surface area contributed by atoms with Gasteiger partial charge in [0.15, 0.2) is 0 Å². The number of hydrogen-bond donors (Lipinski definition) is 2. The molecule has 0 saturated heterocycles. The number of anilines is 2. The molecule has 0 aliphatic carbocycles. The van der Waals surface area contributed by atoms with E-state index in [4.69, 9.17) is 11.5 Å². The second-order valence-electron chi connectivity index (χ2n) is 5.62. The van der Waals surface area contributed by atoms with E-state index in [-0.39, 0.29) is 16.5 Å². The minimum Gasteiger partial charge on any atom is -0.399 e. The van der Waals surface area contributed by atoms with Crippen molar-refractivity contribution in [2.24, 2.45) is 0 Å². The van der Waals surface area contributed by atoms with Crippen molar-refractivity contribution in [2.75, 3.05) is 11.5 Å². The fourth-order valence-electron chi connectivity index (χ4n) is 2.77. The molecule has 3 aromatic rings. The quantitative estimate of drug-likeness (QED) is 0.329. The Morgan fingerprint density at radius 2 is 1.25 bits per heavy atom. The van der Waals surface area contributed by atoms with Gasteiger partial charge in [-0.05, 0) is 41.0 Å². The summed E-state index contributed by atoms with van der Waals surface area (Å²) in [6.45, 7) is 0. The van der Waals surface area contributed by atoms with Crippen LogP contribution in [0.15, 0.2) is 72.8 Å². The molecule has 0 aromatic heterocycles. The minimum absolute atomic E-state index is 0.0726. The van der Waals surface area contributed by atoms with Crippen molar-refractivity contribution in [1.82, 2.24) is 0 Å². The zero-order chi connectivity index (χ0) is 17.1. The monoisotopic (exact) mass is 319 g/mol. The van der Waals surface area contributed by atoms with E-state index in [1.807, 2.05) is 54.6 Å². The molecule has 120 valence electrons. The summed E-state index contributed by atoms with van der Waals surface area (Å²) in [6.07, 6.45) is 0. The second-order valence-corrected chi connectivity index (χ2v) is 5.62. The van der Waals surface area contributed by atoms with Gasteiger partial charge in [-0.15, -0.1) is 0 Å². The van der Waals surface area contributed by atoms with Gasteiger partial charge in [0, 0.05) is 29.4 Å². The molecule has 0 fully saturated rings. The molecule has 5 nitrogen and oxygen atoms in total. The topological polar surface area (TPSA) is 95.2 Å². The molecule has 0 amide bonds. The van der Waals surface area contributed by atoms with E-state index in [1.54, 1.807) is 12.1 Å². The number of nitrogens with two attached hydrogens (primary N) is 2. The first-order chi connectivity index (χ1) is 11.5. The number of nitrogens with zero attached hydrogens (tertiary/aromatic N) is 1. The molecular weight excluding hydrogens is 302 g/mol. The first-order valence-corrected chi connectivity index (χ1v) is 7.50. The number of hydrogen-bond acceptors (Lipinski definition) is 4. The van der Waals surface area contributed by atoms with E-state index in [0.29, 0.717) is 11.4 Å². The fraction of sp³-hybridized carbons (Fsp3) is 0.0526. The van der Waals surface area contributed by atoms with Crippen LogP contribution < -0.4 is 11.5 Å². The maximum Gasteiger partial charge on any atom is 0.269 e. The molecule has 24 heavy (non-hydrogen) atoms. The zero-order valence-electron chi connectivity index (χ0n) is 12.9. The number of nitro groups is 1. The highest BCUT2D eigenvalue weighted by atomic mass is 16.6. The van der Waals surface area contributed by atoms with Crippen molar-refractivity contribution >= 4 is 17.1 Å². The van der Waals surface area contributed by atoms with Crippen LogP contribution in [0.2, 0.25) is 0 Å². The summed E-state index contributed by atoms with van der Waals surface area (Å²) in [4.78, 5) is 10.7. The first-order valence-electron chi connectivity index (χ1n) is 7.50. The summed E-state index contributed by atoms with van der Waals surface area (Å²) in [6, 6.07) is 21.8. The van der Waals surface area contributed by atoms with Gasteiger partial charge in [-0.2, -0.15) is 0 Å². The van der Waals surface area contributed by atoms with Crippen molar-refractivity contribution in [3.63, 3.8) is 0 Å². The molecule has 0 aliphatic rings. The lowest BCUT2D eigenvalue weighted by atomic mass is 9.85. The maximum atomic E-state index is 11.1. The number of non-ortho nitro benzene ring substituents is 1. The molecule has 0 saturated carbocycles. The van der Waals surface area contributed by atoms with Crippen molar-refractivity contribution in [2.45, 2.75) is 5.92 Å². The number of benzene rings is 3. The molecule has 0 atom stereocenters. The van der Waals surface area contributed by atoms with Crippen LogP contribution in [0, 0.1) is 10.1 Å². The Morgan fingerprint density at radius 1 is 0.750 bits per heavy atom. The minimum atomic E-state index is -0.382. The Labute approximate surface area is 139 Å². The maximum absolute atomic E-state index is 11.1. The van der Waals surface area contributed by atoms with E-state index in [2.05, 4.69) is 0 Å². The Kier molecular flexibility index (Phi) is 4.16. The smallest absolute Gasteiger partial charge is 0.269 e. The molecule has 0 spiro atoms. The number of rotatable bonds is 4. The van der Waals surface area contributed by atoms with Crippen molar-refractivity contribution in [1.29, 1.82) is 0 Å². The van der Waals surface area contributed by atoms with Crippen LogP contribution in [-0.2, 0) is 0 Å². The van der Waals surface area contributed by atoms with E-state index < -0.39 is 0 Å². The summed E-state index contributed by atoms with van der Waals surface area (Å²) in [5.74, 6) is -0.133. The van der Waals surface area contributed by atoms with E-state index in [9.17, 15) is 10.1 Å². The SMILES string of the molecule is Nc1ccc(C(c2ccc(N)cc2)c2cccc([N+](=O)[O-])c2)cc1. The third-order valence-corrected chi connectivity index (χ3v) is 3.95. The predicted molar refractivity (Wildman–Crippen MR) is 95.8 cm³/mol.